The number of carbonyl (C=O) groups is 2. The third-order valence-electron chi connectivity index (χ3n) is 4.14. The summed E-state index contributed by atoms with van der Waals surface area (Å²) in [4.78, 5) is 24.0. The summed E-state index contributed by atoms with van der Waals surface area (Å²) >= 11 is 3.45. The number of fused-ring (bicyclic) bond motifs is 2. The van der Waals surface area contributed by atoms with Gasteiger partial charge in [-0.25, -0.2) is 0 Å². The molecule has 0 saturated heterocycles. The predicted octanol–water partition coefficient (Wildman–Crippen LogP) is 3.36. The molecule has 0 radical (unpaired) electrons. The Morgan fingerprint density at radius 2 is 1.84 bits per heavy atom. The van der Waals surface area contributed by atoms with Gasteiger partial charge >= 0.3 is 0 Å². The molecule has 2 heterocycles. The summed E-state index contributed by atoms with van der Waals surface area (Å²) in [6.07, 6.45) is 1.07. The highest BCUT2D eigenvalue weighted by molar-refractivity contribution is 9.10. The maximum atomic E-state index is 12.6. The van der Waals surface area contributed by atoms with E-state index >= 15 is 0 Å². The van der Waals surface area contributed by atoms with Gasteiger partial charge in [-0.1, -0.05) is 0 Å². The van der Waals surface area contributed by atoms with E-state index in [1.807, 2.05) is 6.07 Å². The molecule has 2 aromatic carbocycles. The van der Waals surface area contributed by atoms with Crippen molar-refractivity contribution in [1.82, 2.24) is 0 Å². The van der Waals surface area contributed by atoms with Crippen LogP contribution in [0.1, 0.15) is 22.3 Å². The first-order valence-corrected chi connectivity index (χ1v) is 8.73. The van der Waals surface area contributed by atoms with Gasteiger partial charge in [-0.2, -0.15) is 0 Å². The van der Waals surface area contributed by atoms with Crippen molar-refractivity contribution in [3.05, 3.63) is 45.9 Å². The number of amides is 2. The second-order valence-corrected chi connectivity index (χ2v) is 6.70. The van der Waals surface area contributed by atoms with Crippen LogP contribution >= 0.6 is 15.9 Å². The number of ether oxygens (including phenoxy) is 2. The second kappa shape index (κ2) is 6.40. The highest BCUT2D eigenvalue weighted by Crippen LogP contribution is 2.38. The highest BCUT2D eigenvalue weighted by atomic mass is 79.9. The van der Waals surface area contributed by atoms with Crippen LogP contribution in [-0.2, 0) is 11.2 Å². The molecule has 2 aliphatic rings. The SMILES string of the molecule is O=C1CCc2cc(C(=O)Nc3cc4c(cc3Br)OCCO4)ccc2N1. The maximum Gasteiger partial charge on any atom is 0.255 e. The van der Waals surface area contributed by atoms with Crippen LogP contribution in [0.2, 0.25) is 0 Å². The topological polar surface area (TPSA) is 76.7 Å². The van der Waals surface area contributed by atoms with Crippen molar-refractivity contribution in [2.45, 2.75) is 12.8 Å². The lowest BCUT2D eigenvalue weighted by atomic mass is 10.00. The molecule has 0 saturated carbocycles. The second-order valence-electron chi connectivity index (χ2n) is 5.85. The van der Waals surface area contributed by atoms with E-state index in [1.165, 1.54) is 0 Å². The van der Waals surface area contributed by atoms with Crippen molar-refractivity contribution in [3.63, 3.8) is 0 Å². The average Bonchev–Trinajstić information content (AvgIpc) is 2.61. The van der Waals surface area contributed by atoms with E-state index < -0.39 is 0 Å². The Hall–Kier alpha value is -2.54. The van der Waals surface area contributed by atoms with E-state index in [0.29, 0.717) is 48.8 Å². The van der Waals surface area contributed by atoms with Crippen molar-refractivity contribution in [1.29, 1.82) is 0 Å². The number of hydrogen-bond donors (Lipinski definition) is 2. The molecule has 6 nitrogen and oxygen atoms in total. The third kappa shape index (κ3) is 3.19. The number of nitrogens with one attached hydrogen (secondary N) is 2. The average molecular weight is 403 g/mol. The van der Waals surface area contributed by atoms with E-state index in [4.69, 9.17) is 9.47 Å². The van der Waals surface area contributed by atoms with Crippen LogP contribution < -0.4 is 20.1 Å². The summed E-state index contributed by atoms with van der Waals surface area (Å²) < 4.78 is 11.8. The Kier molecular flexibility index (Phi) is 4.09. The number of rotatable bonds is 2. The van der Waals surface area contributed by atoms with Crippen LogP contribution in [0.15, 0.2) is 34.8 Å². The minimum absolute atomic E-state index is 0.00455. The first-order chi connectivity index (χ1) is 12.1. The van der Waals surface area contributed by atoms with Gasteiger partial charge in [-0.05, 0) is 46.1 Å². The molecule has 0 bridgehead atoms. The van der Waals surface area contributed by atoms with Gasteiger partial charge in [0.1, 0.15) is 13.2 Å². The van der Waals surface area contributed by atoms with Crippen molar-refractivity contribution in [2.75, 3.05) is 23.8 Å². The molecule has 0 aromatic heterocycles. The quantitative estimate of drug-likeness (QED) is 0.807. The van der Waals surface area contributed by atoms with Crippen molar-refractivity contribution >= 4 is 39.1 Å². The summed E-state index contributed by atoms with van der Waals surface area (Å²) in [5, 5.41) is 5.69. The zero-order valence-electron chi connectivity index (χ0n) is 13.2. The van der Waals surface area contributed by atoms with E-state index in [-0.39, 0.29) is 11.8 Å². The molecule has 25 heavy (non-hydrogen) atoms. The van der Waals surface area contributed by atoms with Crippen molar-refractivity contribution in [3.8, 4) is 11.5 Å². The predicted molar refractivity (Wildman–Crippen MR) is 96.5 cm³/mol. The number of hydrogen-bond acceptors (Lipinski definition) is 4. The van der Waals surface area contributed by atoms with Crippen LogP contribution in [0.4, 0.5) is 11.4 Å². The molecule has 7 heteroatoms. The number of aryl methyl sites for hydroxylation is 1. The van der Waals surface area contributed by atoms with Crippen LogP contribution in [-0.4, -0.2) is 25.0 Å². The summed E-state index contributed by atoms with van der Waals surface area (Å²) in [7, 11) is 0. The van der Waals surface area contributed by atoms with E-state index in [2.05, 4.69) is 26.6 Å². The lowest BCUT2D eigenvalue weighted by molar-refractivity contribution is -0.116. The number of carbonyl (C=O) groups excluding carboxylic acids is 2. The normalized spacial score (nSPS) is 15.2. The minimum atomic E-state index is -0.225. The van der Waals surface area contributed by atoms with Gasteiger partial charge in [0.15, 0.2) is 11.5 Å². The fourth-order valence-corrected chi connectivity index (χ4v) is 3.30. The molecular weight excluding hydrogens is 388 g/mol. The minimum Gasteiger partial charge on any atom is -0.486 e. The summed E-state index contributed by atoms with van der Waals surface area (Å²) in [5.41, 5.74) is 2.89. The molecule has 4 rings (SSSR count). The molecule has 0 unspecified atom stereocenters. The first-order valence-electron chi connectivity index (χ1n) is 7.93. The Labute approximate surface area is 152 Å². The molecular formula is C18H15BrN2O4. The largest absolute Gasteiger partial charge is 0.486 e. The Morgan fingerprint density at radius 3 is 2.64 bits per heavy atom. The number of anilines is 2. The zero-order chi connectivity index (χ0) is 17.4. The molecule has 0 aliphatic carbocycles. The molecule has 2 aliphatic heterocycles. The fourth-order valence-electron chi connectivity index (χ4n) is 2.88. The highest BCUT2D eigenvalue weighted by Gasteiger charge is 2.19. The Morgan fingerprint density at radius 1 is 1.08 bits per heavy atom. The molecule has 2 amide bonds. The zero-order valence-corrected chi connectivity index (χ0v) is 14.8. The van der Waals surface area contributed by atoms with Crippen LogP contribution in [0.5, 0.6) is 11.5 Å². The maximum absolute atomic E-state index is 12.6. The summed E-state index contributed by atoms with van der Waals surface area (Å²) in [6.45, 7) is 0.995. The molecule has 2 aromatic rings. The smallest absolute Gasteiger partial charge is 0.255 e. The van der Waals surface area contributed by atoms with Gasteiger partial charge in [0, 0.05) is 34.3 Å². The van der Waals surface area contributed by atoms with Gasteiger partial charge in [-0.3, -0.25) is 9.59 Å². The lowest BCUT2D eigenvalue weighted by Crippen LogP contribution is -2.20. The van der Waals surface area contributed by atoms with Gasteiger partial charge < -0.3 is 20.1 Å². The molecule has 0 fully saturated rings. The van der Waals surface area contributed by atoms with Crippen LogP contribution in [0.3, 0.4) is 0 Å². The molecule has 0 atom stereocenters. The van der Waals surface area contributed by atoms with Gasteiger partial charge in [-0.15, -0.1) is 0 Å². The third-order valence-corrected chi connectivity index (χ3v) is 4.80. The van der Waals surface area contributed by atoms with Crippen LogP contribution in [0, 0.1) is 0 Å². The van der Waals surface area contributed by atoms with E-state index in [9.17, 15) is 9.59 Å². The van der Waals surface area contributed by atoms with E-state index in [1.54, 1.807) is 24.3 Å². The molecule has 128 valence electrons. The van der Waals surface area contributed by atoms with Crippen LogP contribution in [0.25, 0.3) is 0 Å². The molecule has 2 N–H and O–H groups in total. The summed E-state index contributed by atoms with van der Waals surface area (Å²) in [6, 6.07) is 8.81. The van der Waals surface area contributed by atoms with E-state index in [0.717, 1.165) is 15.7 Å². The fraction of sp³-hybridized carbons (Fsp3) is 0.222. The van der Waals surface area contributed by atoms with Gasteiger partial charge in [0.25, 0.3) is 5.91 Å². The molecule has 0 spiro atoms. The van der Waals surface area contributed by atoms with Crippen molar-refractivity contribution in [2.24, 2.45) is 0 Å². The Bertz CT molecular complexity index is 882. The standard InChI is InChI=1S/C18H15BrN2O4/c19-12-8-15-16(25-6-5-24-15)9-14(12)21-18(23)11-1-3-13-10(7-11)2-4-17(22)20-13/h1,3,7-9H,2,4-6H2,(H,20,22)(H,21,23). The first kappa shape index (κ1) is 16.0. The van der Waals surface area contributed by atoms with Gasteiger partial charge in [0.05, 0.1) is 5.69 Å². The summed E-state index contributed by atoms with van der Waals surface area (Å²) in [5.74, 6) is 1.04. The monoisotopic (exact) mass is 402 g/mol. The van der Waals surface area contributed by atoms with Gasteiger partial charge in [0.2, 0.25) is 5.91 Å². The Balaban J connectivity index is 1.57. The van der Waals surface area contributed by atoms with Crippen molar-refractivity contribution < 1.29 is 19.1 Å². The lowest BCUT2D eigenvalue weighted by Gasteiger charge is -2.20. The number of halogens is 1. The number of benzene rings is 2.